The van der Waals surface area contributed by atoms with Crippen LogP contribution in [0.1, 0.15) is 36.9 Å². The van der Waals surface area contributed by atoms with E-state index in [9.17, 15) is 13.2 Å². The molecule has 1 aromatic rings. The molecule has 0 aliphatic rings. The van der Waals surface area contributed by atoms with Crippen LogP contribution in [0.25, 0.3) is 0 Å². The van der Waals surface area contributed by atoms with Gasteiger partial charge in [-0.1, -0.05) is 17.7 Å². The monoisotopic (exact) mass is 261 g/mol. The third-order valence-corrected chi connectivity index (χ3v) is 2.52. The smallest absolute Gasteiger partial charge is 0.389 e. The van der Waals surface area contributed by atoms with E-state index in [-0.39, 0.29) is 19.1 Å². The molecule has 1 aromatic carbocycles. The van der Waals surface area contributed by atoms with Gasteiger partial charge in [0.2, 0.25) is 0 Å². The second kappa shape index (κ2) is 6.09. The van der Waals surface area contributed by atoms with Gasteiger partial charge in [-0.3, -0.25) is 0 Å². The quantitative estimate of drug-likeness (QED) is 0.819. The van der Waals surface area contributed by atoms with E-state index < -0.39 is 12.6 Å². The molecule has 0 saturated heterocycles. The molecule has 0 saturated carbocycles. The molecule has 0 spiro atoms. The van der Waals surface area contributed by atoms with Crippen molar-refractivity contribution in [1.82, 2.24) is 0 Å². The standard InChI is InChI=1S/C13H18F3NO/c1-9-4-5-12(11(8-9)10(2)17)18-7-3-6-13(14,15)16/h4-5,8,10H,3,6-7,17H2,1-2H3. The summed E-state index contributed by atoms with van der Waals surface area (Å²) in [5.74, 6) is 0.567. The molecule has 0 heterocycles. The van der Waals surface area contributed by atoms with Gasteiger partial charge in [0.25, 0.3) is 0 Å². The van der Waals surface area contributed by atoms with Crippen LogP contribution in [-0.4, -0.2) is 12.8 Å². The number of nitrogens with two attached hydrogens (primary N) is 1. The van der Waals surface area contributed by atoms with Gasteiger partial charge in [-0.2, -0.15) is 13.2 Å². The Bertz CT molecular complexity index is 388. The average Bonchev–Trinajstić information content (AvgIpc) is 2.24. The lowest BCUT2D eigenvalue weighted by molar-refractivity contribution is -0.136. The molecular formula is C13H18F3NO. The molecule has 5 heteroatoms. The molecule has 1 atom stereocenters. The largest absolute Gasteiger partial charge is 0.493 e. The lowest BCUT2D eigenvalue weighted by Gasteiger charge is -2.15. The summed E-state index contributed by atoms with van der Waals surface area (Å²) in [5, 5.41) is 0. The maximum Gasteiger partial charge on any atom is 0.389 e. The van der Waals surface area contributed by atoms with E-state index in [0.717, 1.165) is 11.1 Å². The minimum absolute atomic E-state index is 0.0439. The van der Waals surface area contributed by atoms with Crippen molar-refractivity contribution in [3.63, 3.8) is 0 Å². The molecule has 0 aromatic heterocycles. The molecule has 1 unspecified atom stereocenters. The lowest BCUT2D eigenvalue weighted by atomic mass is 10.1. The summed E-state index contributed by atoms with van der Waals surface area (Å²) in [6.07, 6.45) is -5.00. The maximum atomic E-state index is 12.0. The number of rotatable bonds is 5. The Balaban J connectivity index is 2.57. The van der Waals surface area contributed by atoms with E-state index in [4.69, 9.17) is 10.5 Å². The van der Waals surface area contributed by atoms with E-state index in [1.165, 1.54) is 0 Å². The van der Waals surface area contributed by atoms with Gasteiger partial charge in [-0.05, 0) is 26.3 Å². The van der Waals surface area contributed by atoms with Crippen molar-refractivity contribution in [3.8, 4) is 5.75 Å². The topological polar surface area (TPSA) is 35.2 Å². The van der Waals surface area contributed by atoms with Gasteiger partial charge in [0.05, 0.1) is 6.61 Å². The fraction of sp³-hybridized carbons (Fsp3) is 0.538. The predicted octanol–water partition coefficient (Wildman–Crippen LogP) is 3.74. The van der Waals surface area contributed by atoms with Crippen molar-refractivity contribution in [1.29, 1.82) is 0 Å². The van der Waals surface area contributed by atoms with E-state index in [2.05, 4.69) is 0 Å². The van der Waals surface area contributed by atoms with E-state index in [1.807, 2.05) is 26.0 Å². The zero-order valence-corrected chi connectivity index (χ0v) is 10.6. The number of alkyl halides is 3. The molecule has 2 nitrogen and oxygen atoms in total. The van der Waals surface area contributed by atoms with Crippen molar-refractivity contribution in [2.45, 2.75) is 38.9 Å². The second-order valence-corrected chi connectivity index (χ2v) is 4.40. The van der Waals surface area contributed by atoms with Gasteiger partial charge >= 0.3 is 6.18 Å². The van der Waals surface area contributed by atoms with Crippen molar-refractivity contribution in [2.24, 2.45) is 5.73 Å². The number of aryl methyl sites for hydroxylation is 1. The Morgan fingerprint density at radius 3 is 2.56 bits per heavy atom. The normalized spacial score (nSPS) is 13.4. The third-order valence-electron chi connectivity index (χ3n) is 2.52. The number of halogens is 3. The second-order valence-electron chi connectivity index (χ2n) is 4.40. The van der Waals surface area contributed by atoms with E-state index in [1.54, 1.807) is 6.07 Å². The average molecular weight is 261 g/mol. The molecule has 1 rings (SSSR count). The van der Waals surface area contributed by atoms with Gasteiger partial charge in [0, 0.05) is 18.0 Å². The maximum absolute atomic E-state index is 12.0. The number of hydrogen-bond acceptors (Lipinski definition) is 2. The SMILES string of the molecule is Cc1ccc(OCCCC(F)(F)F)c(C(C)N)c1. The van der Waals surface area contributed by atoms with Gasteiger partial charge in [0.1, 0.15) is 5.75 Å². The fourth-order valence-electron chi connectivity index (χ4n) is 1.61. The Morgan fingerprint density at radius 1 is 1.33 bits per heavy atom. The van der Waals surface area contributed by atoms with Gasteiger partial charge < -0.3 is 10.5 Å². The summed E-state index contributed by atoms with van der Waals surface area (Å²) in [5.41, 5.74) is 7.66. The van der Waals surface area contributed by atoms with Crippen LogP contribution in [-0.2, 0) is 0 Å². The molecule has 18 heavy (non-hydrogen) atoms. The van der Waals surface area contributed by atoms with Gasteiger partial charge in [-0.25, -0.2) is 0 Å². The summed E-state index contributed by atoms with van der Waals surface area (Å²) in [6, 6.07) is 5.29. The highest BCUT2D eigenvalue weighted by Crippen LogP contribution is 2.26. The van der Waals surface area contributed by atoms with Crippen molar-refractivity contribution >= 4 is 0 Å². The first-order chi connectivity index (χ1) is 8.29. The van der Waals surface area contributed by atoms with Crippen LogP contribution in [0.3, 0.4) is 0 Å². The third kappa shape index (κ3) is 4.96. The van der Waals surface area contributed by atoms with Gasteiger partial charge in [0.15, 0.2) is 0 Å². The summed E-state index contributed by atoms with van der Waals surface area (Å²) in [6.45, 7) is 3.79. The zero-order chi connectivity index (χ0) is 13.8. The molecule has 102 valence electrons. The molecule has 0 bridgehead atoms. The Kier molecular flexibility index (Phi) is 5.02. The minimum atomic E-state index is -4.12. The molecule has 0 aliphatic heterocycles. The molecule has 2 N–H and O–H groups in total. The summed E-state index contributed by atoms with van der Waals surface area (Å²) in [7, 11) is 0. The van der Waals surface area contributed by atoms with Gasteiger partial charge in [-0.15, -0.1) is 0 Å². The number of ether oxygens (including phenoxy) is 1. The van der Waals surface area contributed by atoms with Crippen molar-refractivity contribution < 1.29 is 17.9 Å². The first-order valence-electron chi connectivity index (χ1n) is 5.85. The highest BCUT2D eigenvalue weighted by Gasteiger charge is 2.26. The summed E-state index contributed by atoms with van der Waals surface area (Å²) in [4.78, 5) is 0. The summed E-state index contributed by atoms with van der Waals surface area (Å²) >= 11 is 0. The molecule has 0 fully saturated rings. The van der Waals surface area contributed by atoms with E-state index in [0.29, 0.717) is 5.75 Å². The molecular weight excluding hydrogens is 243 g/mol. The highest BCUT2D eigenvalue weighted by atomic mass is 19.4. The highest BCUT2D eigenvalue weighted by molar-refractivity contribution is 5.38. The van der Waals surface area contributed by atoms with Crippen LogP contribution < -0.4 is 10.5 Å². The molecule has 0 amide bonds. The van der Waals surface area contributed by atoms with Crippen LogP contribution in [0.15, 0.2) is 18.2 Å². The van der Waals surface area contributed by atoms with Crippen molar-refractivity contribution in [2.75, 3.05) is 6.61 Å². The number of hydrogen-bond donors (Lipinski definition) is 1. The van der Waals surface area contributed by atoms with Crippen LogP contribution in [0, 0.1) is 6.92 Å². The van der Waals surface area contributed by atoms with Crippen LogP contribution in [0.4, 0.5) is 13.2 Å². The first-order valence-corrected chi connectivity index (χ1v) is 5.85. The Hall–Kier alpha value is -1.23. The fourth-order valence-corrected chi connectivity index (χ4v) is 1.61. The van der Waals surface area contributed by atoms with Crippen LogP contribution >= 0.6 is 0 Å². The molecule has 0 radical (unpaired) electrons. The van der Waals surface area contributed by atoms with Crippen LogP contribution in [0.5, 0.6) is 5.75 Å². The predicted molar refractivity (Wildman–Crippen MR) is 64.6 cm³/mol. The first kappa shape index (κ1) is 14.8. The van der Waals surface area contributed by atoms with Crippen molar-refractivity contribution in [3.05, 3.63) is 29.3 Å². The Morgan fingerprint density at radius 2 is 2.00 bits per heavy atom. The van der Waals surface area contributed by atoms with E-state index >= 15 is 0 Å². The van der Waals surface area contributed by atoms with Crippen LogP contribution in [0.2, 0.25) is 0 Å². The minimum Gasteiger partial charge on any atom is -0.493 e. The zero-order valence-electron chi connectivity index (χ0n) is 10.6. The summed E-state index contributed by atoms with van der Waals surface area (Å²) < 4.78 is 41.3. The number of benzene rings is 1. The Labute approximate surface area is 105 Å². The molecule has 0 aliphatic carbocycles. The lowest BCUT2D eigenvalue weighted by Crippen LogP contribution is -2.12.